The van der Waals surface area contributed by atoms with E-state index in [1.165, 1.54) is 0 Å². The largest absolute Gasteiger partial charge is 0.326 e. The third kappa shape index (κ3) is 4.36. The van der Waals surface area contributed by atoms with Crippen LogP contribution in [0.25, 0.3) is 0 Å². The molecule has 1 saturated heterocycles. The molecule has 0 radical (unpaired) electrons. The molecule has 28 heavy (non-hydrogen) atoms. The van der Waals surface area contributed by atoms with Gasteiger partial charge in [-0.15, -0.1) is 23.4 Å². The molecule has 2 aromatic carbocycles. The molecule has 0 aromatic heterocycles. The maximum Gasteiger partial charge on any atom is 0.238 e. The lowest BCUT2D eigenvalue weighted by molar-refractivity contribution is -0.123. The van der Waals surface area contributed by atoms with Crippen molar-refractivity contribution in [2.24, 2.45) is 5.41 Å². The Balaban J connectivity index is 1.82. The van der Waals surface area contributed by atoms with Crippen LogP contribution in [0.5, 0.6) is 0 Å². The van der Waals surface area contributed by atoms with Crippen molar-refractivity contribution in [2.75, 3.05) is 21.8 Å². The van der Waals surface area contributed by atoms with E-state index in [4.69, 9.17) is 11.6 Å². The van der Waals surface area contributed by atoms with Crippen LogP contribution in [-0.4, -0.2) is 23.4 Å². The molecule has 0 aliphatic carbocycles. The quantitative estimate of drug-likeness (QED) is 0.674. The van der Waals surface area contributed by atoms with Gasteiger partial charge in [-0.3, -0.25) is 14.5 Å². The van der Waals surface area contributed by atoms with Crippen molar-refractivity contribution in [3.05, 3.63) is 59.2 Å². The number of aryl methyl sites for hydroxylation is 2. The average molecular weight is 417 g/mol. The Bertz CT molecular complexity index is 876. The molecule has 1 heterocycles. The van der Waals surface area contributed by atoms with Gasteiger partial charge in [-0.25, -0.2) is 0 Å². The van der Waals surface area contributed by atoms with Crippen LogP contribution in [0.3, 0.4) is 0 Å². The first kappa shape index (κ1) is 20.7. The minimum absolute atomic E-state index is 0.0715. The van der Waals surface area contributed by atoms with E-state index in [2.05, 4.69) is 11.4 Å². The van der Waals surface area contributed by atoms with Gasteiger partial charge in [0.05, 0.1) is 11.2 Å². The minimum atomic E-state index is -0.631. The van der Waals surface area contributed by atoms with Gasteiger partial charge in [-0.05, 0) is 68.7 Å². The van der Waals surface area contributed by atoms with Crippen molar-refractivity contribution in [3.8, 4) is 0 Å². The van der Waals surface area contributed by atoms with Crippen molar-refractivity contribution in [1.82, 2.24) is 0 Å². The van der Waals surface area contributed by atoms with Gasteiger partial charge in [-0.2, -0.15) is 0 Å². The summed E-state index contributed by atoms with van der Waals surface area (Å²) >= 11 is 7.49. The van der Waals surface area contributed by atoms with Crippen LogP contribution in [0, 0.1) is 19.3 Å². The highest BCUT2D eigenvalue weighted by molar-refractivity contribution is 8.00. The monoisotopic (exact) mass is 416 g/mol. The lowest BCUT2D eigenvalue weighted by Crippen LogP contribution is -2.32. The van der Waals surface area contributed by atoms with E-state index in [-0.39, 0.29) is 23.1 Å². The van der Waals surface area contributed by atoms with E-state index in [1.807, 2.05) is 69.0 Å². The summed E-state index contributed by atoms with van der Waals surface area (Å²) in [6.07, 6.45) is 0. The van der Waals surface area contributed by atoms with Crippen LogP contribution >= 0.6 is 23.4 Å². The molecule has 0 bridgehead atoms. The summed E-state index contributed by atoms with van der Waals surface area (Å²) in [5.74, 6) is 0.710. The Morgan fingerprint density at radius 3 is 2.36 bits per heavy atom. The number of thioether (sulfide) groups is 1. The number of benzene rings is 2. The molecule has 3 rings (SSSR count). The molecular weight excluding hydrogens is 392 g/mol. The van der Waals surface area contributed by atoms with Crippen molar-refractivity contribution < 1.29 is 9.59 Å². The Labute approximate surface area is 175 Å². The number of carbonyl (C=O) groups excluding carboxylic acids is 2. The van der Waals surface area contributed by atoms with Gasteiger partial charge in [-0.1, -0.05) is 18.2 Å². The van der Waals surface area contributed by atoms with Crippen molar-refractivity contribution in [2.45, 2.75) is 33.1 Å². The number of nitrogens with zero attached hydrogens (tertiary/aromatic N) is 1. The SMILES string of the molecule is Cc1cc(C)cc(N2C(=O)CSC2c2ccc(NC(=O)C(C)(C)CCl)cc2)c1. The maximum absolute atomic E-state index is 12.6. The van der Waals surface area contributed by atoms with E-state index in [0.29, 0.717) is 5.75 Å². The fourth-order valence-corrected chi connectivity index (χ4v) is 4.43. The van der Waals surface area contributed by atoms with Crippen LogP contribution in [0.1, 0.15) is 35.9 Å². The molecule has 2 amide bonds. The zero-order chi connectivity index (χ0) is 20.5. The third-order valence-corrected chi connectivity index (χ3v) is 6.64. The van der Waals surface area contributed by atoms with Crippen molar-refractivity contribution in [3.63, 3.8) is 0 Å². The second-order valence-electron chi connectivity index (χ2n) is 7.87. The van der Waals surface area contributed by atoms with E-state index >= 15 is 0 Å². The Morgan fingerprint density at radius 1 is 1.18 bits per heavy atom. The number of anilines is 2. The summed E-state index contributed by atoms with van der Waals surface area (Å²) in [6.45, 7) is 7.70. The van der Waals surface area contributed by atoms with Crippen molar-refractivity contribution in [1.29, 1.82) is 0 Å². The van der Waals surface area contributed by atoms with Crippen LogP contribution in [0.2, 0.25) is 0 Å². The Hall–Kier alpha value is -1.98. The van der Waals surface area contributed by atoms with Crippen LogP contribution < -0.4 is 10.2 Å². The highest BCUT2D eigenvalue weighted by Crippen LogP contribution is 2.42. The molecule has 1 aliphatic heterocycles. The van der Waals surface area contributed by atoms with E-state index in [9.17, 15) is 9.59 Å². The van der Waals surface area contributed by atoms with Gasteiger partial charge in [0, 0.05) is 17.3 Å². The topological polar surface area (TPSA) is 49.4 Å². The Kier molecular flexibility index (Phi) is 6.06. The smallest absolute Gasteiger partial charge is 0.238 e. The number of rotatable bonds is 5. The normalized spacial score (nSPS) is 17.1. The summed E-state index contributed by atoms with van der Waals surface area (Å²) in [4.78, 5) is 26.7. The number of alkyl halides is 1. The Morgan fingerprint density at radius 2 is 1.79 bits per heavy atom. The zero-order valence-electron chi connectivity index (χ0n) is 16.6. The maximum atomic E-state index is 12.6. The summed E-state index contributed by atoms with van der Waals surface area (Å²) in [6, 6.07) is 13.9. The lowest BCUT2D eigenvalue weighted by atomic mass is 9.95. The minimum Gasteiger partial charge on any atom is -0.326 e. The van der Waals surface area contributed by atoms with Gasteiger partial charge >= 0.3 is 0 Å². The van der Waals surface area contributed by atoms with Gasteiger partial charge in [0.2, 0.25) is 11.8 Å². The molecule has 1 unspecified atom stereocenters. The second-order valence-corrected chi connectivity index (χ2v) is 9.20. The fourth-order valence-electron chi connectivity index (χ4n) is 3.13. The lowest BCUT2D eigenvalue weighted by Gasteiger charge is -2.25. The summed E-state index contributed by atoms with van der Waals surface area (Å²) < 4.78 is 0. The summed E-state index contributed by atoms with van der Waals surface area (Å²) in [5.41, 5.74) is 4.33. The number of hydrogen-bond acceptors (Lipinski definition) is 3. The number of nitrogens with one attached hydrogen (secondary N) is 1. The molecule has 1 aliphatic rings. The summed E-state index contributed by atoms with van der Waals surface area (Å²) in [5, 5.41) is 2.84. The first-order valence-electron chi connectivity index (χ1n) is 9.20. The van der Waals surface area contributed by atoms with Crippen LogP contribution in [-0.2, 0) is 9.59 Å². The first-order chi connectivity index (χ1) is 13.2. The van der Waals surface area contributed by atoms with Gasteiger partial charge in [0.1, 0.15) is 5.37 Å². The van der Waals surface area contributed by atoms with E-state index in [0.717, 1.165) is 28.1 Å². The molecular formula is C22H25ClN2O2S. The van der Waals surface area contributed by atoms with Crippen molar-refractivity contribution >= 4 is 46.6 Å². The second kappa shape index (κ2) is 8.18. The number of carbonyl (C=O) groups is 2. The molecule has 148 valence electrons. The first-order valence-corrected chi connectivity index (χ1v) is 10.8. The molecule has 1 atom stereocenters. The van der Waals surface area contributed by atoms with E-state index in [1.54, 1.807) is 11.8 Å². The van der Waals surface area contributed by atoms with E-state index < -0.39 is 5.41 Å². The molecule has 0 spiro atoms. The zero-order valence-corrected chi connectivity index (χ0v) is 18.2. The molecule has 0 saturated carbocycles. The molecule has 6 heteroatoms. The number of hydrogen-bond donors (Lipinski definition) is 1. The average Bonchev–Trinajstić information content (AvgIpc) is 3.03. The molecule has 1 N–H and O–H groups in total. The molecule has 1 fully saturated rings. The van der Waals surface area contributed by atoms with Crippen LogP contribution in [0.15, 0.2) is 42.5 Å². The highest BCUT2D eigenvalue weighted by Gasteiger charge is 2.34. The standard InChI is InChI=1S/C22H25ClN2O2S/c1-14-9-15(2)11-18(10-14)25-19(26)12-28-20(25)16-5-7-17(8-6-16)24-21(27)22(3,4)13-23/h5-11,20H,12-13H2,1-4H3,(H,24,27). The molecule has 2 aromatic rings. The number of amides is 2. The predicted octanol–water partition coefficient (Wildman–Crippen LogP) is 5.29. The third-order valence-electron chi connectivity index (χ3n) is 4.75. The molecule has 4 nitrogen and oxygen atoms in total. The van der Waals surface area contributed by atoms with Gasteiger partial charge in [0.15, 0.2) is 0 Å². The predicted molar refractivity (Wildman–Crippen MR) is 118 cm³/mol. The van der Waals surface area contributed by atoms with Gasteiger partial charge < -0.3 is 5.32 Å². The number of halogens is 1. The van der Waals surface area contributed by atoms with Crippen LogP contribution in [0.4, 0.5) is 11.4 Å². The fraction of sp³-hybridized carbons (Fsp3) is 0.364. The summed E-state index contributed by atoms with van der Waals surface area (Å²) in [7, 11) is 0. The van der Waals surface area contributed by atoms with Gasteiger partial charge in [0.25, 0.3) is 0 Å². The highest BCUT2D eigenvalue weighted by atomic mass is 35.5.